The van der Waals surface area contributed by atoms with Crippen molar-refractivity contribution in [2.24, 2.45) is 0 Å². The van der Waals surface area contributed by atoms with Crippen LogP contribution in [0.25, 0.3) is 10.9 Å². The number of aromatic hydroxyl groups is 1. The second-order valence-corrected chi connectivity index (χ2v) is 5.52. The number of rotatable bonds is 2. The maximum absolute atomic E-state index is 12.5. The first kappa shape index (κ1) is 14.6. The lowest BCUT2D eigenvalue weighted by molar-refractivity contribution is 0.102. The smallest absolute Gasteiger partial charge is 0.258 e. The molecule has 3 rings (SSSR count). The standard InChI is InChI=1S/C16H10Cl2N2O2/c17-10-3-4-14(21)13(8-10)20-16(22)12-7-11(18)6-9-2-1-5-19-15(9)12/h1-8,21H,(H,20,22). The third-order valence-electron chi connectivity index (χ3n) is 3.12. The fourth-order valence-electron chi connectivity index (χ4n) is 2.13. The van der Waals surface area contributed by atoms with Gasteiger partial charge in [-0.1, -0.05) is 29.3 Å². The van der Waals surface area contributed by atoms with Crippen molar-refractivity contribution in [1.82, 2.24) is 4.98 Å². The topological polar surface area (TPSA) is 62.2 Å². The Balaban J connectivity index is 2.04. The van der Waals surface area contributed by atoms with E-state index in [0.29, 0.717) is 21.1 Å². The van der Waals surface area contributed by atoms with Crippen molar-refractivity contribution >= 4 is 45.7 Å². The number of phenols is 1. The number of hydrogen-bond donors (Lipinski definition) is 2. The van der Waals surface area contributed by atoms with Gasteiger partial charge in [-0.15, -0.1) is 0 Å². The van der Waals surface area contributed by atoms with Gasteiger partial charge in [-0.05, 0) is 36.4 Å². The minimum Gasteiger partial charge on any atom is -0.506 e. The lowest BCUT2D eigenvalue weighted by Gasteiger charge is -2.10. The van der Waals surface area contributed by atoms with Gasteiger partial charge in [0.05, 0.1) is 16.8 Å². The largest absolute Gasteiger partial charge is 0.506 e. The van der Waals surface area contributed by atoms with Gasteiger partial charge in [-0.3, -0.25) is 9.78 Å². The minimum absolute atomic E-state index is 0.0722. The van der Waals surface area contributed by atoms with Gasteiger partial charge >= 0.3 is 0 Å². The highest BCUT2D eigenvalue weighted by Crippen LogP contribution is 2.28. The van der Waals surface area contributed by atoms with Crippen molar-refractivity contribution in [3.63, 3.8) is 0 Å². The molecule has 22 heavy (non-hydrogen) atoms. The van der Waals surface area contributed by atoms with Crippen LogP contribution >= 0.6 is 23.2 Å². The molecule has 2 N–H and O–H groups in total. The van der Waals surface area contributed by atoms with Crippen molar-refractivity contribution in [2.75, 3.05) is 5.32 Å². The summed E-state index contributed by atoms with van der Waals surface area (Å²) in [6.45, 7) is 0. The van der Waals surface area contributed by atoms with E-state index in [1.54, 1.807) is 18.3 Å². The first-order chi connectivity index (χ1) is 10.5. The molecule has 1 heterocycles. The van der Waals surface area contributed by atoms with Gasteiger partial charge in [0.25, 0.3) is 5.91 Å². The minimum atomic E-state index is -0.427. The predicted molar refractivity (Wildman–Crippen MR) is 87.8 cm³/mol. The number of carbonyl (C=O) groups is 1. The van der Waals surface area contributed by atoms with Crippen molar-refractivity contribution in [1.29, 1.82) is 0 Å². The van der Waals surface area contributed by atoms with Crippen molar-refractivity contribution < 1.29 is 9.90 Å². The van der Waals surface area contributed by atoms with Crippen LogP contribution in [0.15, 0.2) is 48.7 Å². The molecule has 1 aromatic heterocycles. The van der Waals surface area contributed by atoms with E-state index in [1.807, 2.05) is 6.07 Å². The molecule has 110 valence electrons. The van der Waals surface area contributed by atoms with Gasteiger partial charge < -0.3 is 10.4 Å². The summed E-state index contributed by atoms with van der Waals surface area (Å²) in [7, 11) is 0. The lowest BCUT2D eigenvalue weighted by Crippen LogP contribution is -2.13. The Morgan fingerprint density at radius 1 is 1.09 bits per heavy atom. The first-order valence-electron chi connectivity index (χ1n) is 6.39. The molecule has 2 aromatic carbocycles. The van der Waals surface area contributed by atoms with E-state index in [1.165, 1.54) is 24.3 Å². The first-order valence-corrected chi connectivity index (χ1v) is 7.14. The lowest BCUT2D eigenvalue weighted by atomic mass is 10.1. The molecule has 6 heteroatoms. The van der Waals surface area contributed by atoms with Crippen LogP contribution < -0.4 is 5.32 Å². The van der Waals surface area contributed by atoms with Crippen LogP contribution in [-0.4, -0.2) is 16.0 Å². The molecule has 0 atom stereocenters. The molecule has 4 nitrogen and oxygen atoms in total. The van der Waals surface area contributed by atoms with Crippen LogP contribution in [0.5, 0.6) is 5.75 Å². The van der Waals surface area contributed by atoms with Gasteiger partial charge in [0.2, 0.25) is 0 Å². The number of nitrogens with zero attached hydrogens (tertiary/aromatic N) is 1. The highest BCUT2D eigenvalue weighted by molar-refractivity contribution is 6.32. The summed E-state index contributed by atoms with van der Waals surface area (Å²) in [5, 5.41) is 14.0. The highest BCUT2D eigenvalue weighted by atomic mass is 35.5. The predicted octanol–water partition coefficient (Wildman–Crippen LogP) is 4.50. The number of carbonyl (C=O) groups excluding carboxylic acids is 1. The molecule has 0 unspecified atom stereocenters. The van der Waals surface area contributed by atoms with E-state index >= 15 is 0 Å². The van der Waals surface area contributed by atoms with Gasteiger partial charge in [0, 0.05) is 21.6 Å². The number of anilines is 1. The summed E-state index contributed by atoms with van der Waals surface area (Å²) in [6, 6.07) is 11.3. The van der Waals surface area contributed by atoms with Gasteiger partial charge in [-0.2, -0.15) is 0 Å². The van der Waals surface area contributed by atoms with E-state index < -0.39 is 5.91 Å². The van der Waals surface area contributed by atoms with Gasteiger partial charge in [0.1, 0.15) is 5.75 Å². The molecular weight excluding hydrogens is 323 g/mol. The number of hydrogen-bond acceptors (Lipinski definition) is 3. The summed E-state index contributed by atoms with van der Waals surface area (Å²) in [4.78, 5) is 16.7. The Bertz CT molecular complexity index is 881. The number of nitrogens with one attached hydrogen (secondary N) is 1. The van der Waals surface area contributed by atoms with E-state index in [-0.39, 0.29) is 11.4 Å². The van der Waals surface area contributed by atoms with Crippen molar-refractivity contribution in [2.45, 2.75) is 0 Å². The van der Waals surface area contributed by atoms with Crippen LogP contribution in [0.1, 0.15) is 10.4 Å². The quantitative estimate of drug-likeness (QED) is 0.679. The molecule has 0 spiro atoms. The summed E-state index contributed by atoms with van der Waals surface area (Å²) in [5.74, 6) is -0.499. The van der Waals surface area contributed by atoms with Crippen LogP contribution in [-0.2, 0) is 0 Å². The summed E-state index contributed by atoms with van der Waals surface area (Å²) in [6.07, 6.45) is 1.60. The molecule has 0 fully saturated rings. The van der Waals surface area contributed by atoms with Crippen LogP contribution in [0, 0.1) is 0 Å². The molecule has 0 aliphatic heterocycles. The maximum atomic E-state index is 12.5. The number of amides is 1. The summed E-state index contributed by atoms with van der Waals surface area (Å²) >= 11 is 11.9. The third kappa shape index (κ3) is 2.84. The zero-order valence-electron chi connectivity index (χ0n) is 11.2. The molecule has 0 saturated heterocycles. The highest BCUT2D eigenvalue weighted by Gasteiger charge is 2.14. The number of pyridine rings is 1. The van der Waals surface area contributed by atoms with E-state index in [2.05, 4.69) is 10.3 Å². The second kappa shape index (κ2) is 5.83. The summed E-state index contributed by atoms with van der Waals surface area (Å²) in [5.41, 5.74) is 1.08. The fraction of sp³-hybridized carbons (Fsp3) is 0. The van der Waals surface area contributed by atoms with Crippen LogP contribution in [0.4, 0.5) is 5.69 Å². The SMILES string of the molecule is O=C(Nc1cc(Cl)ccc1O)c1cc(Cl)cc2cccnc12. The van der Waals surface area contributed by atoms with E-state index in [9.17, 15) is 9.90 Å². The second-order valence-electron chi connectivity index (χ2n) is 4.64. The molecule has 0 bridgehead atoms. The summed E-state index contributed by atoms with van der Waals surface area (Å²) < 4.78 is 0. The number of aromatic nitrogens is 1. The average Bonchev–Trinajstić information content (AvgIpc) is 2.50. The maximum Gasteiger partial charge on any atom is 0.258 e. The number of benzene rings is 2. The number of halogens is 2. The van der Waals surface area contributed by atoms with Gasteiger partial charge in [-0.25, -0.2) is 0 Å². The Morgan fingerprint density at radius 3 is 2.73 bits per heavy atom. The fourth-order valence-corrected chi connectivity index (χ4v) is 2.53. The zero-order chi connectivity index (χ0) is 15.7. The molecule has 0 radical (unpaired) electrons. The van der Waals surface area contributed by atoms with Crippen LogP contribution in [0.2, 0.25) is 10.0 Å². The Hall–Kier alpha value is -2.30. The van der Waals surface area contributed by atoms with Crippen molar-refractivity contribution in [3.8, 4) is 5.75 Å². The van der Waals surface area contributed by atoms with Gasteiger partial charge in [0.15, 0.2) is 0 Å². The molecule has 0 aliphatic rings. The third-order valence-corrected chi connectivity index (χ3v) is 3.57. The normalized spacial score (nSPS) is 10.6. The molecule has 0 aliphatic carbocycles. The van der Waals surface area contributed by atoms with Crippen LogP contribution in [0.3, 0.4) is 0 Å². The molecular formula is C16H10Cl2N2O2. The Morgan fingerprint density at radius 2 is 1.91 bits per heavy atom. The Kier molecular flexibility index (Phi) is 3.88. The zero-order valence-corrected chi connectivity index (χ0v) is 12.7. The molecule has 1 amide bonds. The monoisotopic (exact) mass is 332 g/mol. The Labute approximate surface area is 136 Å². The average molecular weight is 333 g/mol. The molecule has 3 aromatic rings. The number of phenolic OH excluding ortho intramolecular Hbond substituents is 1. The van der Waals surface area contributed by atoms with E-state index in [4.69, 9.17) is 23.2 Å². The molecule has 0 saturated carbocycles. The van der Waals surface area contributed by atoms with Crippen molar-refractivity contribution in [3.05, 3.63) is 64.3 Å². The number of fused-ring (bicyclic) bond motifs is 1. The van der Waals surface area contributed by atoms with E-state index in [0.717, 1.165) is 5.39 Å².